The Kier molecular flexibility index (Phi) is 6.16. The minimum absolute atomic E-state index is 0.0125. The van der Waals surface area contributed by atoms with Crippen LogP contribution in [0.4, 0.5) is 20.3 Å². The summed E-state index contributed by atoms with van der Waals surface area (Å²) in [6.07, 6.45) is 3.83. The molecule has 3 aliphatic rings. The molecule has 1 aromatic heterocycles. The molecule has 202 valence electrons. The van der Waals surface area contributed by atoms with Crippen LogP contribution in [-0.2, 0) is 12.8 Å². The number of aromatic nitrogens is 1. The van der Waals surface area contributed by atoms with Crippen molar-refractivity contribution in [3.8, 4) is 11.5 Å². The number of methoxy groups -OCH3 is 2. The molecule has 3 aromatic rings. The van der Waals surface area contributed by atoms with Crippen LogP contribution in [0.5, 0.6) is 11.5 Å². The standard InChI is InChI=1S/C30H29F2N3O4/c1-38-21-8-5-18(26(16-21)39-2)6-9-22-24-15-20(7-10-23(24)27(22)36)35-12-3-4-19-14-25(33-28(19)35)29(37)34-13-11-30(31,32)17-34/h5,7-10,14-16,33H,3-4,6,11-13,17H2,1-2H3/b22-9+. The van der Waals surface area contributed by atoms with Crippen molar-refractivity contribution in [1.82, 2.24) is 9.88 Å². The molecule has 7 nitrogen and oxygen atoms in total. The van der Waals surface area contributed by atoms with Crippen LogP contribution in [-0.4, -0.2) is 61.4 Å². The normalized spacial score (nSPS) is 18.6. The lowest BCUT2D eigenvalue weighted by Crippen LogP contribution is -2.31. The first kappa shape index (κ1) is 25.2. The van der Waals surface area contributed by atoms with Gasteiger partial charge in [-0.25, -0.2) is 8.78 Å². The third-order valence-corrected chi connectivity index (χ3v) is 7.78. The Hall–Kier alpha value is -4.14. The molecule has 0 saturated carbocycles. The van der Waals surface area contributed by atoms with Crippen LogP contribution in [0.1, 0.15) is 50.4 Å². The van der Waals surface area contributed by atoms with Gasteiger partial charge < -0.3 is 24.3 Å². The van der Waals surface area contributed by atoms with Crippen molar-refractivity contribution in [2.75, 3.05) is 38.8 Å². The van der Waals surface area contributed by atoms with Crippen molar-refractivity contribution >= 4 is 28.8 Å². The molecule has 2 aliphatic heterocycles. The highest BCUT2D eigenvalue weighted by atomic mass is 19.3. The Balaban J connectivity index is 1.25. The Morgan fingerprint density at radius 1 is 1.08 bits per heavy atom. The molecule has 3 heterocycles. The number of anilines is 2. The molecule has 0 unspecified atom stereocenters. The highest BCUT2D eigenvalue weighted by molar-refractivity contribution is 6.39. The fourth-order valence-corrected chi connectivity index (χ4v) is 5.67. The predicted molar refractivity (Wildman–Crippen MR) is 144 cm³/mol. The minimum atomic E-state index is -2.83. The molecule has 1 amide bonds. The van der Waals surface area contributed by atoms with E-state index in [1.807, 2.05) is 42.5 Å². The molecule has 1 fully saturated rings. The Labute approximate surface area is 225 Å². The number of allylic oxidation sites excluding steroid dienone is 2. The molecule has 6 rings (SSSR count). The van der Waals surface area contributed by atoms with E-state index in [4.69, 9.17) is 9.47 Å². The van der Waals surface area contributed by atoms with Gasteiger partial charge in [0.2, 0.25) is 0 Å². The van der Waals surface area contributed by atoms with Gasteiger partial charge in [-0.3, -0.25) is 9.59 Å². The zero-order valence-electron chi connectivity index (χ0n) is 21.9. The summed E-state index contributed by atoms with van der Waals surface area (Å²) in [6.45, 7) is 0.239. The van der Waals surface area contributed by atoms with Crippen molar-refractivity contribution in [2.24, 2.45) is 0 Å². The average molecular weight is 534 g/mol. The molecule has 0 radical (unpaired) electrons. The summed E-state index contributed by atoms with van der Waals surface area (Å²) in [5, 5.41) is 0. The van der Waals surface area contributed by atoms with Crippen molar-refractivity contribution < 1.29 is 27.8 Å². The van der Waals surface area contributed by atoms with Gasteiger partial charge in [-0.1, -0.05) is 12.1 Å². The van der Waals surface area contributed by atoms with Crippen LogP contribution in [0, 0.1) is 0 Å². The molecule has 1 saturated heterocycles. The third kappa shape index (κ3) is 4.45. The second kappa shape index (κ2) is 9.55. The quantitative estimate of drug-likeness (QED) is 0.429. The first-order valence-electron chi connectivity index (χ1n) is 13.0. The molecule has 39 heavy (non-hydrogen) atoms. The maximum Gasteiger partial charge on any atom is 0.270 e. The lowest BCUT2D eigenvalue weighted by Gasteiger charge is -2.31. The number of halogens is 2. The number of likely N-dealkylation sites (tertiary alicyclic amines) is 1. The van der Waals surface area contributed by atoms with E-state index in [-0.39, 0.29) is 18.7 Å². The van der Waals surface area contributed by atoms with E-state index in [2.05, 4.69) is 9.88 Å². The molecule has 1 aliphatic carbocycles. The van der Waals surface area contributed by atoms with Crippen LogP contribution >= 0.6 is 0 Å². The fraction of sp³-hybridized carbons (Fsp3) is 0.333. The van der Waals surface area contributed by atoms with Crippen LogP contribution in [0.15, 0.2) is 48.5 Å². The number of hydrogen-bond donors (Lipinski definition) is 1. The summed E-state index contributed by atoms with van der Waals surface area (Å²) in [5.74, 6) is -1.02. The van der Waals surface area contributed by atoms with Gasteiger partial charge in [-0.15, -0.1) is 0 Å². The lowest BCUT2D eigenvalue weighted by atomic mass is 9.80. The van der Waals surface area contributed by atoms with E-state index in [9.17, 15) is 18.4 Å². The van der Waals surface area contributed by atoms with Crippen molar-refractivity contribution in [1.29, 1.82) is 0 Å². The van der Waals surface area contributed by atoms with Gasteiger partial charge in [-0.2, -0.15) is 0 Å². The van der Waals surface area contributed by atoms with Gasteiger partial charge in [-0.05, 0) is 66.3 Å². The van der Waals surface area contributed by atoms with Gasteiger partial charge in [0, 0.05) is 42.4 Å². The SMILES string of the molecule is COc1ccc(C/C=C2/C(=O)c3ccc(N4CCCc5cc(C(=O)N6CCC(F)(F)C6)[nH]c54)cc32)c(OC)c1. The largest absolute Gasteiger partial charge is 0.497 e. The van der Waals surface area contributed by atoms with E-state index in [1.165, 1.54) is 4.90 Å². The number of carbonyl (C=O) groups excluding carboxylic acids is 2. The van der Waals surface area contributed by atoms with Gasteiger partial charge in [0.25, 0.3) is 11.8 Å². The van der Waals surface area contributed by atoms with Gasteiger partial charge in [0.15, 0.2) is 5.78 Å². The first-order chi connectivity index (χ1) is 18.8. The number of nitrogens with one attached hydrogen (secondary N) is 1. The van der Waals surface area contributed by atoms with Crippen molar-refractivity contribution in [2.45, 2.75) is 31.6 Å². The van der Waals surface area contributed by atoms with Crippen LogP contribution in [0.2, 0.25) is 0 Å². The number of Topliss-reactive ketones (excluding diaryl/α,β-unsaturated/α-hetero) is 1. The predicted octanol–water partition coefficient (Wildman–Crippen LogP) is 5.42. The third-order valence-electron chi connectivity index (χ3n) is 7.78. The number of aromatic amines is 1. The zero-order valence-corrected chi connectivity index (χ0v) is 21.9. The summed E-state index contributed by atoms with van der Waals surface area (Å²) < 4.78 is 38.1. The van der Waals surface area contributed by atoms with Crippen molar-refractivity contribution in [3.63, 3.8) is 0 Å². The second-order valence-corrected chi connectivity index (χ2v) is 10.2. The number of nitrogens with zero attached hydrogens (tertiary/aromatic N) is 2. The summed E-state index contributed by atoms with van der Waals surface area (Å²) in [7, 11) is 3.21. The lowest BCUT2D eigenvalue weighted by molar-refractivity contribution is 0.0119. The van der Waals surface area contributed by atoms with Crippen LogP contribution in [0.25, 0.3) is 5.57 Å². The number of ketones is 1. The van der Waals surface area contributed by atoms with E-state index in [1.54, 1.807) is 20.3 Å². The van der Waals surface area contributed by atoms with Gasteiger partial charge in [0.05, 0.1) is 20.8 Å². The van der Waals surface area contributed by atoms with E-state index in [0.29, 0.717) is 34.8 Å². The number of benzene rings is 2. The number of hydrogen-bond acceptors (Lipinski definition) is 5. The topological polar surface area (TPSA) is 74.9 Å². The maximum absolute atomic E-state index is 13.7. The maximum atomic E-state index is 13.7. The van der Waals surface area contributed by atoms with Gasteiger partial charge in [0.1, 0.15) is 23.0 Å². The van der Waals surface area contributed by atoms with Crippen molar-refractivity contribution in [3.05, 3.63) is 76.5 Å². The summed E-state index contributed by atoms with van der Waals surface area (Å²) in [6, 6.07) is 13.2. The number of alkyl halides is 2. The molecule has 1 N–H and O–H groups in total. The summed E-state index contributed by atoms with van der Waals surface area (Å²) in [5.41, 5.74) is 5.40. The Morgan fingerprint density at radius 2 is 1.92 bits per heavy atom. The fourth-order valence-electron chi connectivity index (χ4n) is 5.67. The smallest absolute Gasteiger partial charge is 0.270 e. The van der Waals surface area contributed by atoms with Crippen LogP contribution < -0.4 is 14.4 Å². The number of carbonyl (C=O) groups is 2. The Morgan fingerprint density at radius 3 is 2.67 bits per heavy atom. The number of H-pyrrole nitrogens is 1. The Bertz CT molecular complexity index is 1510. The van der Waals surface area contributed by atoms with E-state index >= 15 is 0 Å². The summed E-state index contributed by atoms with van der Waals surface area (Å²) in [4.78, 5) is 32.3. The van der Waals surface area contributed by atoms with Crippen LogP contribution in [0.3, 0.4) is 0 Å². The average Bonchev–Trinajstić information content (AvgIpc) is 3.55. The highest BCUT2D eigenvalue weighted by Gasteiger charge is 2.41. The molecule has 0 spiro atoms. The molecule has 2 aromatic carbocycles. The molecule has 9 heteroatoms. The number of aryl methyl sites for hydroxylation is 1. The highest BCUT2D eigenvalue weighted by Crippen LogP contribution is 2.41. The molecular weight excluding hydrogens is 504 g/mol. The number of amides is 1. The first-order valence-corrected chi connectivity index (χ1v) is 13.0. The number of fused-ring (bicyclic) bond motifs is 2. The number of rotatable bonds is 6. The minimum Gasteiger partial charge on any atom is -0.497 e. The molecular formula is C30H29F2N3O4. The van der Waals surface area contributed by atoms with Gasteiger partial charge >= 0.3 is 0 Å². The van der Waals surface area contributed by atoms with E-state index in [0.717, 1.165) is 47.6 Å². The molecule has 0 bridgehead atoms. The summed E-state index contributed by atoms with van der Waals surface area (Å²) >= 11 is 0. The zero-order chi connectivity index (χ0) is 27.3. The number of ether oxygens (including phenoxy) is 2. The monoisotopic (exact) mass is 533 g/mol. The molecule has 0 atom stereocenters. The second-order valence-electron chi connectivity index (χ2n) is 10.2. The van der Waals surface area contributed by atoms with E-state index < -0.39 is 18.4 Å².